The molecule has 192 valence electrons. The van der Waals surface area contributed by atoms with Crippen molar-refractivity contribution >= 4 is 29.0 Å². The summed E-state index contributed by atoms with van der Waals surface area (Å²) < 4.78 is 35.1. The van der Waals surface area contributed by atoms with Gasteiger partial charge in [-0.2, -0.15) is 4.68 Å². The zero-order valence-corrected chi connectivity index (χ0v) is 20.3. The Morgan fingerprint density at radius 1 is 1.11 bits per heavy atom. The largest absolute Gasteiger partial charge is 0.465 e. The van der Waals surface area contributed by atoms with Gasteiger partial charge in [-0.25, -0.2) is 4.79 Å². The summed E-state index contributed by atoms with van der Waals surface area (Å²) in [6, 6.07) is 11.8. The number of anilines is 1. The summed E-state index contributed by atoms with van der Waals surface area (Å²) in [5.41, 5.74) is 1.07. The standard InChI is InChI=1S/C23H22N6O7S/c1-31-21(30)12-3-2-4-13(7-12)24-22(37)25-15-9-32-20-16(10-33-19(15)20)29-23(26-27-28-29)36-14-5-6-17-18(8-14)35-11-34-17/h2-8,15-16,19-20H,9-11H2,1H3,(H2,24,25,37). The fraction of sp³-hybridized carbons (Fsp3) is 0.348. The van der Waals surface area contributed by atoms with Crippen molar-refractivity contribution in [2.75, 3.05) is 32.4 Å². The molecule has 0 amide bonds. The van der Waals surface area contributed by atoms with Crippen molar-refractivity contribution in [2.24, 2.45) is 0 Å². The minimum absolute atomic E-state index is 0.171. The second-order valence-corrected chi connectivity index (χ2v) is 8.87. The van der Waals surface area contributed by atoms with Crippen LogP contribution in [0.4, 0.5) is 5.69 Å². The van der Waals surface area contributed by atoms with Gasteiger partial charge in [0.15, 0.2) is 16.6 Å². The zero-order chi connectivity index (χ0) is 25.4. The first-order valence-corrected chi connectivity index (χ1v) is 11.8. The molecule has 3 aromatic rings. The van der Waals surface area contributed by atoms with Crippen LogP contribution in [0.15, 0.2) is 42.5 Å². The van der Waals surface area contributed by atoms with Crippen LogP contribution in [0.5, 0.6) is 23.3 Å². The van der Waals surface area contributed by atoms with E-state index in [0.717, 1.165) is 0 Å². The van der Waals surface area contributed by atoms with Gasteiger partial charge in [0, 0.05) is 11.8 Å². The summed E-state index contributed by atoms with van der Waals surface area (Å²) in [7, 11) is 1.34. The number of thiocarbonyl (C=S) groups is 1. The van der Waals surface area contributed by atoms with Crippen molar-refractivity contribution < 1.29 is 33.2 Å². The SMILES string of the molecule is COC(=O)c1cccc(NC(=S)NC2COC3C2OCC3n2nnnc2Oc2ccc3c(c2)OCO3)c1. The quantitative estimate of drug-likeness (QED) is 0.356. The van der Waals surface area contributed by atoms with Crippen molar-refractivity contribution in [3.8, 4) is 23.3 Å². The zero-order valence-electron chi connectivity index (χ0n) is 19.5. The number of nitrogens with one attached hydrogen (secondary N) is 2. The lowest BCUT2D eigenvalue weighted by Crippen LogP contribution is -2.45. The van der Waals surface area contributed by atoms with Crippen LogP contribution in [0.3, 0.4) is 0 Å². The van der Waals surface area contributed by atoms with Gasteiger partial charge in [-0.1, -0.05) is 11.2 Å². The molecule has 13 nitrogen and oxygen atoms in total. The molecule has 0 bridgehead atoms. The van der Waals surface area contributed by atoms with Crippen LogP contribution in [0.1, 0.15) is 16.4 Å². The summed E-state index contributed by atoms with van der Waals surface area (Å²) in [6.45, 7) is 0.873. The molecule has 14 heteroatoms. The molecule has 0 aliphatic carbocycles. The molecule has 1 aromatic heterocycles. The van der Waals surface area contributed by atoms with Gasteiger partial charge in [-0.15, -0.1) is 0 Å². The van der Waals surface area contributed by atoms with Crippen molar-refractivity contribution in [3.05, 3.63) is 48.0 Å². The maximum absolute atomic E-state index is 11.8. The number of esters is 1. The van der Waals surface area contributed by atoms with E-state index in [1.807, 2.05) is 0 Å². The van der Waals surface area contributed by atoms with E-state index < -0.39 is 5.97 Å². The summed E-state index contributed by atoms with van der Waals surface area (Å²) >= 11 is 5.48. The molecule has 4 unspecified atom stereocenters. The first-order chi connectivity index (χ1) is 18.1. The highest BCUT2D eigenvalue weighted by Crippen LogP contribution is 2.38. The number of rotatable bonds is 6. The molecule has 0 radical (unpaired) electrons. The highest BCUT2D eigenvalue weighted by molar-refractivity contribution is 7.80. The van der Waals surface area contributed by atoms with E-state index in [-0.39, 0.29) is 37.1 Å². The van der Waals surface area contributed by atoms with Gasteiger partial charge in [-0.3, -0.25) is 0 Å². The maximum Gasteiger partial charge on any atom is 0.341 e. The molecule has 0 spiro atoms. The number of ether oxygens (including phenoxy) is 6. The van der Waals surface area contributed by atoms with E-state index >= 15 is 0 Å². The van der Waals surface area contributed by atoms with Crippen LogP contribution in [0.25, 0.3) is 0 Å². The van der Waals surface area contributed by atoms with Gasteiger partial charge in [0.25, 0.3) is 0 Å². The topological polar surface area (TPSA) is 140 Å². The minimum atomic E-state index is -0.426. The van der Waals surface area contributed by atoms with Crippen LogP contribution in [-0.2, 0) is 14.2 Å². The first-order valence-electron chi connectivity index (χ1n) is 11.4. The van der Waals surface area contributed by atoms with Crippen LogP contribution in [-0.4, -0.2) is 76.7 Å². The third-order valence-electron chi connectivity index (χ3n) is 6.22. The average molecular weight is 527 g/mol. The van der Waals surface area contributed by atoms with E-state index in [2.05, 4.69) is 26.2 Å². The Kier molecular flexibility index (Phi) is 6.20. The lowest BCUT2D eigenvalue weighted by Gasteiger charge is -2.20. The Morgan fingerprint density at radius 3 is 2.86 bits per heavy atom. The first kappa shape index (κ1) is 23.4. The predicted octanol–water partition coefficient (Wildman–Crippen LogP) is 1.67. The van der Waals surface area contributed by atoms with Crippen LogP contribution >= 0.6 is 12.2 Å². The smallest absolute Gasteiger partial charge is 0.341 e. The third kappa shape index (κ3) is 4.61. The monoisotopic (exact) mass is 526 g/mol. The van der Waals surface area contributed by atoms with Gasteiger partial charge < -0.3 is 39.1 Å². The minimum Gasteiger partial charge on any atom is -0.465 e. The van der Waals surface area contributed by atoms with E-state index in [4.69, 9.17) is 40.6 Å². The third-order valence-corrected chi connectivity index (χ3v) is 6.44. The molecule has 2 aromatic carbocycles. The summed E-state index contributed by atoms with van der Waals surface area (Å²) in [5.74, 6) is 1.33. The Labute approximate surface area is 215 Å². The molecule has 2 N–H and O–H groups in total. The Balaban J connectivity index is 1.09. The van der Waals surface area contributed by atoms with Crippen LogP contribution < -0.4 is 24.8 Å². The van der Waals surface area contributed by atoms with Crippen molar-refractivity contribution in [2.45, 2.75) is 24.3 Å². The normalized spacial score (nSPS) is 23.4. The van der Waals surface area contributed by atoms with Crippen LogP contribution in [0, 0.1) is 0 Å². The molecule has 3 aliphatic heterocycles. The summed E-state index contributed by atoms with van der Waals surface area (Å²) in [4.78, 5) is 11.8. The van der Waals surface area contributed by atoms with E-state index in [1.54, 1.807) is 47.1 Å². The fourth-order valence-corrected chi connectivity index (χ4v) is 4.77. The highest BCUT2D eigenvalue weighted by atomic mass is 32.1. The highest BCUT2D eigenvalue weighted by Gasteiger charge is 2.50. The number of fused-ring (bicyclic) bond motifs is 2. The van der Waals surface area contributed by atoms with Crippen molar-refractivity contribution in [3.63, 3.8) is 0 Å². The molecule has 6 rings (SSSR count). The molecule has 3 aliphatic rings. The number of carbonyl (C=O) groups is 1. The number of methoxy groups -OCH3 is 1. The van der Waals surface area contributed by atoms with E-state index in [9.17, 15) is 4.79 Å². The van der Waals surface area contributed by atoms with Gasteiger partial charge in [-0.05, 0) is 53.0 Å². The molecule has 4 heterocycles. The summed E-state index contributed by atoms with van der Waals surface area (Å²) in [6.07, 6.45) is -0.598. The van der Waals surface area contributed by atoms with Crippen molar-refractivity contribution in [1.29, 1.82) is 0 Å². The van der Waals surface area contributed by atoms with Gasteiger partial charge in [0.05, 0.1) is 31.9 Å². The molecule has 37 heavy (non-hydrogen) atoms. The number of aromatic nitrogens is 4. The Bertz CT molecular complexity index is 1340. The second kappa shape index (κ2) is 9.80. The number of carbonyl (C=O) groups excluding carboxylic acids is 1. The lowest BCUT2D eigenvalue weighted by atomic mass is 10.1. The van der Waals surface area contributed by atoms with Gasteiger partial charge in [0.2, 0.25) is 6.79 Å². The van der Waals surface area contributed by atoms with E-state index in [0.29, 0.717) is 46.8 Å². The maximum atomic E-state index is 11.8. The van der Waals surface area contributed by atoms with E-state index in [1.165, 1.54) is 7.11 Å². The number of benzene rings is 2. The number of nitrogens with zero attached hydrogens (tertiary/aromatic N) is 4. The van der Waals surface area contributed by atoms with Crippen LogP contribution in [0.2, 0.25) is 0 Å². The number of tetrazole rings is 1. The predicted molar refractivity (Wildman–Crippen MR) is 130 cm³/mol. The fourth-order valence-electron chi connectivity index (χ4n) is 4.50. The molecule has 0 saturated carbocycles. The molecule has 2 fully saturated rings. The summed E-state index contributed by atoms with van der Waals surface area (Å²) in [5, 5.41) is 18.6. The molecular weight excluding hydrogens is 504 g/mol. The number of hydrogen-bond acceptors (Lipinski definition) is 11. The van der Waals surface area contributed by atoms with Gasteiger partial charge >= 0.3 is 12.0 Å². The Hall–Kier alpha value is -4.01. The molecule has 4 atom stereocenters. The average Bonchev–Trinajstić information content (AvgIpc) is 3.69. The molecular formula is C23H22N6O7S. The van der Waals surface area contributed by atoms with Crippen molar-refractivity contribution in [1.82, 2.24) is 25.5 Å². The van der Waals surface area contributed by atoms with Gasteiger partial charge in [0.1, 0.15) is 24.0 Å². The molecule has 2 saturated heterocycles. The second-order valence-electron chi connectivity index (χ2n) is 8.46. The lowest BCUT2D eigenvalue weighted by molar-refractivity contribution is 0.0600. The Morgan fingerprint density at radius 2 is 1.97 bits per heavy atom. The number of hydrogen-bond donors (Lipinski definition) is 2.